The van der Waals surface area contributed by atoms with Crippen LogP contribution in [0.1, 0.15) is 17.2 Å². The zero-order valence-corrected chi connectivity index (χ0v) is 13.5. The summed E-state index contributed by atoms with van der Waals surface area (Å²) in [5.41, 5.74) is 2.08. The molecule has 0 aliphatic carbocycles. The minimum atomic E-state index is -0.251. The average Bonchev–Trinajstić information content (AvgIpc) is 3.00. The zero-order valence-electron chi connectivity index (χ0n) is 13.5. The maximum atomic E-state index is 6.11. The van der Waals surface area contributed by atoms with E-state index < -0.39 is 0 Å². The van der Waals surface area contributed by atoms with Crippen molar-refractivity contribution >= 4 is 0 Å². The summed E-state index contributed by atoms with van der Waals surface area (Å²) < 4.78 is 17.5. The second kappa shape index (κ2) is 5.13. The predicted octanol–water partition coefficient (Wildman–Crippen LogP) is 2.71. The van der Waals surface area contributed by atoms with E-state index in [-0.39, 0.29) is 11.5 Å². The van der Waals surface area contributed by atoms with E-state index in [4.69, 9.17) is 19.0 Å². The lowest BCUT2D eigenvalue weighted by Gasteiger charge is -2.40. The highest BCUT2D eigenvalue weighted by atomic mass is 16.7. The van der Waals surface area contributed by atoms with E-state index >= 15 is 0 Å². The summed E-state index contributed by atoms with van der Waals surface area (Å²) in [5.74, 6) is 2.55. The molecular formula is C19H19NO4. The molecule has 1 fully saturated rings. The first kappa shape index (κ1) is 14.1. The fraction of sp³-hybridized carbons (Fsp3) is 0.368. The predicted molar refractivity (Wildman–Crippen MR) is 87.5 cm³/mol. The molecule has 0 N–H and O–H groups in total. The Morgan fingerprint density at radius 2 is 1.75 bits per heavy atom. The van der Waals surface area contributed by atoms with Crippen molar-refractivity contribution in [2.75, 3.05) is 33.5 Å². The van der Waals surface area contributed by atoms with Crippen LogP contribution in [-0.4, -0.2) is 38.5 Å². The Hall–Kier alpha value is -2.24. The topological polar surface area (TPSA) is 40.2 Å². The molecule has 2 atom stereocenters. The number of hydroxylamine groups is 2. The van der Waals surface area contributed by atoms with Gasteiger partial charge in [-0.3, -0.25) is 4.84 Å². The molecule has 0 aromatic heterocycles. The lowest BCUT2D eigenvalue weighted by molar-refractivity contribution is -0.111. The molecule has 2 aromatic carbocycles. The maximum Gasteiger partial charge on any atom is 0.161 e. The van der Waals surface area contributed by atoms with Gasteiger partial charge in [0.05, 0.1) is 18.1 Å². The van der Waals surface area contributed by atoms with Crippen LogP contribution in [0.5, 0.6) is 17.2 Å². The van der Waals surface area contributed by atoms with Crippen molar-refractivity contribution in [3.05, 3.63) is 53.6 Å². The molecule has 1 saturated heterocycles. The Labute approximate surface area is 140 Å². The summed E-state index contributed by atoms with van der Waals surface area (Å²) in [7, 11) is 1.99. The molecule has 24 heavy (non-hydrogen) atoms. The summed E-state index contributed by atoms with van der Waals surface area (Å²) in [5, 5.41) is 1.96. The van der Waals surface area contributed by atoms with Gasteiger partial charge in [0.15, 0.2) is 11.5 Å². The molecule has 5 heteroatoms. The molecule has 0 amide bonds. The minimum absolute atomic E-state index is 0.116. The van der Waals surface area contributed by atoms with Crippen molar-refractivity contribution in [1.82, 2.24) is 5.06 Å². The molecule has 0 saturated carbocycles. The number of para-hydroxylation sites is 1. The third-order valence-electron chi connectivity index (χ3n) is 5.23. The Balaban J connectivity index is 1.64. The van der Waals surface area contributed by atoms with Gasteiger partial charge in [-0.25, -0.2) is 0 Å². The third kappa shape index (κ3) is 1.88. The fourth-order valence-corrected chi connectivity index (χ4v) is 4.05. The SMILES string of the molecule is CN1OC[C@@]2(c3ccc4c(c3)OCCO4)COc3ccccc3[C@@H]12. The molecular weight excluding hydrogens is 306 g/mol. The summed E-state index contributed by atoms with van der Waals surface area (Å²) in [6, 6.07) is 14.5. The van der Waals surface area contributed by atoms with Crippen LogP contribution >= 0.6 is 0 Å². The second-order valence-corrected chi connectivity index (χ2v) is 6.56. The van der Waals surface area contributed by atoms with Gasteiger partial charge in [-0.1, -0.05) is 24.3 Å². The maximum absolute atomic E-state index is 6.11. The molecule has 5 nitrogen and oxygen atoms in total. The molecule has 3 heterocycles. The summed E-state index contributed by atoms with van der Waals surface area (Å²) >= 11 is 0. The first-order chi connectivity index (χ1) is 11.8. The van der Waals surface area contributed by atoms with Crippen LogP contribution < -0.4 is 14.2 Å². The highest BCUT2D eigenvalue weighted by molar-refractivity contribution is 5.50. The number of rotatable bonds is 1. The van der Waals surface area contributed by atoms with Crippen molar-refractivity contribution in [1.29, 1.82) is 0 Å². The van der Waals surface area contributed by atoms with Crippen molar-refractivity contribution in [3.8, 4) is 17.2 Å². The van der Waals surface area contributed by atoms with Crippen LogP contribution in [-0.2, 0) is 10.3 Å². The first-order valence-electron chi connectivity index (χ1n) is 8.25. The molecule has 0 spiro atoms. The number of likely N-dealkylation sites (N-methyl/N-ethyl adjacent to an activating group) is 1. The van der Waals surface area contributed by atoms with Gasteiger partial charge in [-0.2, -0.15) is 5.06 Å². The van der Waals surface area contributed by atoms with Gasteiger partial charge >= 0.3 is 0 Å². The minimum Gasteiger partial charge on any atom is -0.492 e. The summed E-state index contributed by atoms with van der Waals surface area (Å²) in [4.78, 5) is 5.94. The number of nitrogens with zero attached hydrogens (tertiary/aromatic N) is 1. The van der Waals surface area contributed by atoms with Gasteiger partial charge in [-0.05, 0) is 23.8 Å². The number of benzene rings is 2. The van der Waals surface area contributed by atoms with Crippen LogP contribution in [0.2, 0.25) is 0 Å². The lowest BCUT2D eigenvalue weighted by Crippen LogP contribution is -2.44. The van der Waals surface area contributed by atoms with E-state index in [9.17, 15) is 0 Å². The molecule has 2 aromatic rings. The summed E-state index contributed by atoms with van der Waals surface area (Å²) in [6.45, 7) is 2.35. The van der Waals surface area contributed by atoms with Crippen molar-refractivity contribution in [2.45, 2.75) is 11.5 Å². The zero-order chi connectivity index (χ0) is 16.1. The molecule has 0 unspecified atom stereocenters. The quantitative estimate of drug-likeness (QED) is 0.806. The van der Waals surface area contributed by atoms with E-state index in [2.05, 4.69) is 18.2 Å². The van der Waals surface area contributed by atoms with Crippen LogP contribution in [0.4, 0.5) is 0 Å². The summed E-state index contributed by atoms with van der Waals surface area (Å²) in [6.07, 6.45) is 0. The number of ether oxygens (including phenoxy) is 3. The Kier molecular flexibility index (Phi) is 3.02. The molecule has 3 aliphatic heterocycles. The monoisotopic (exact) mass is 325 g/mol. The fourth-order valence-electron chi connectivity index (χ4n) is 4.05. The van der Waals surface area contributed by atoms with Gasteiger partial charge in [0, 0.05) is 12.6 Å². The molecule has 0 bridgehead atoms. The standard InChI is InChI=1S/C19H19NO4/c1-20-18-14-4-2-3-5-15(14)23-11-19(18,12-24-20)13-6-7-16-17(10-13)22-9-8-21-16/h2-7,10,18H,8-9,11-12H2,1H3/t18-,19-/m1/s1. The third-order valence-corrected chi connectivity index (χ3v) is 5.23. The molecule has 5 rings (SSSR count). The van der Waals surface area contributed by atoms with Crippen LogP contribution in [0.25, 0.3) is 0 Å². The smallest absolute Gasteiger partial charge is 0.161 e. The van der Waals surface area contributed by atoms with Crippen molar-refractivity contribution in [2.24, 2.45) is 0 Å². The van der Waals surface area contributed by atoms with Gasteiger partial charge < -0.3 is 14.2 Å². The number of fused-ring (bicyclic) bond motifs is 4. The van der Waals surface area contributed by atoms with Crippen molar-refractivity contribution in [3.63, 3.8) is 0 Å². The number of hydrogen-bond donors (Lipinski definition) is 0. The van der Waals surface area contributed by atoms with E-state index in [1.165, 1.54) is 5.56 Å². The number of hydrogen-bond acceptors (Lipinski definition) is 5. The van der Waals surface area contributed by atoms with E-state index in [1.54, 1.807) is 0 Å². The van der Waals surface area contributed by atoms with Gasteiger partial charge in [0.2, 0.25) is 0 Å². The molecule has 0 radical (unpaired) electrons. The normalized spacial score (nSPS) is 28.0. The lowest BCUT2D eigenvalue weighted by atomic mass is 9.72. The Morgan fingerprint density at radius 1 is 0.917 bits per heavy atom. The highest BCUT2D eigenvalue weighted by Crippen LogP contribution is 2.52. The van der Waals surface area contributed by atoms with Crippen LogP contribution in [0.3, 0.4) is 0 Å². The van der Waals surface area contributed by atoms with E-state index in [1.807, 2.05) is 36.4 Å². The van der Waals surface area contributed by atoms with Gasteiger partial charge in [0.1, 0.15) is 25.6 Å². The van der Waals surface area contributed by atoms with Gasteiger partial charge in [0.25, 0.3) is 0 Å². The van der Waals surface area contributed by atoms with Crippen molar-refractivity contribution < 1.29 is 19.0 Å². The van der Waals surface area contributed by atoms with Crippen LogP contribution in [0, 0.1) is 0 Å². The average molecular weight is 325 g/mol. The Morgan fingerprint density at radius 3 is 2.67 bits per heavy atom. The van der Waals surface area contributed by atoms with E-state index in [0.717, 1.165) is 22.8 Å². The molecule has 124 valence electrons. The van der Waals surface area contributed by atoms with Gasteiger partial charge in [-0.15, -0.1) is 0 Å². The highest BCUT2D eigenvalue weighted by Gasteiger charge is 2.53. The van der Waals surface area contributed by atoms with E-state index in [0.29, 0.717) is 26.4 Å². The molecule has 3 aliphatic rings. The first-order valence-corrected chi connectivity index (χ1v) is 8.25. The largest absolute Gasteiger partial charge is 0.492 e. The second-order valence-electron chi connectivity index (χ2n) is 6.56. The van der Waals surface area contributed by atoms with Crippen LogP contribution in [0.15, 0.2) is 42.5 Å². The Bertz CT molecular complexity index is 793.